The summed E-state index contributed by atoms with van der Waals surface area (Å²) in [6, 6.07) is 77.2. The zero-order valence-corrected chi connectivity index (χ0v) is 40.1. The minimum atomic E-state index is 0.713. The molecule has 4 heterocycles. The average molecular weight is 935 g/mol. The van der Waals surface area contributed by atoms with Gasteiger partial charge in [-0.1, -0.05) is 206 Å². The van der Waals surface area contributed by atoms with Crippen molar-refractivity contribution < 1.29 is 8.83 Å². The number of rotatable bonds is 6. The summed E-state index contributed by atoms with van der Waals surface area (Å²) < 4.78 is 15.3. The maximum atomic E-state index is 7.67. The fraction of sp³-hybridized carbons (Fsp3) is 0.0435. The Morgan fingerprint density at radius 1 is 0.370 bits per heavy atom. The molecular formula is C69H46N2O2. The van der Waals surface area contributed by atoms with Crippen LogP contribution in [0.1, 0.15) is 11.1 Å². The van der Waals surface area contributed by atoms with Crippen LogP contribution in [0, 0.1) is 6.92 Å². The average Bonchev–Trinajstić information content (AvgIpc) is 4.05. The molecule has 0 aliphatic carbocycles. The molecule has 0 fully saturated rings. The highest BCUT2D eigenvalue weighted by Crippen LogP contribution is 2.56. The largest absolute Gasteiger partial charge is 0.455 e. The zero-order valence-electron chi connectivity index (χ0n) is 40.1. The molecule has 4 nitrogen and oxygen atoms in total. The lowest BCUT2D eigenvalue weighted by Gasteiger charge is -2.33. The number of benzene rings is 11. The molecule has 73 heavy (non-hydrogen) atoms. The molecular weight excluding hydrogens is 889 g/mol. The number of hydrogen-bond donors (Lipinski definition) is 0. The van der Waals surface area contributed by atoms with E-state index in [0.717, 1.165) is 134 Å². The van der Waals surface area contributed by atoms with E-state index in [1.807, 2.05) is 0 Å². The van der Waals surface area contributed by atoms with Crippen LogP contribution in [-0.4, -0.2) is 6.54 Å². The van der Waals surface area contributed by atoms with Gasteiger partial charge in [0, 0.05) is 68.6 Å². The van der Waals surface area contributed by atoms with Gasteiger partial charge in [-0.25, -0.2) is 0 Å². The summed E-state index contributed by atoms with van der Waals surface area (Å²) in [4.78, 5) is 4.83. The molecule has 0 spiro atoms. The summed E-state index contributed by atoms with van der Waals surface area (Å²) in [6.45, 7) is 3.62. The zero-order chi connectivity index (χ0) is 48.1. The molecule has 4 heteroatoms. The molecule has 0 saturated carbocycles. The molecule has 0 saturated heterocycles. The van der Waals surface area contributed by atoms with Crippen molar-refractivity contribution in [3.63, 3.8) is 0 Å². The standard InChI is InChI=1S/C69H46N2O2/c1-43-35-36-49-48(39-43)42-71(57-33-16-15-29-51(49)57)58-34-20-32-53-64-63-55(40-54(68(64)73-67(53)58)45-23-9-3-10-24-45)60(46-25-11-4-12-26-46)61(47-27-13-5-14-28-47)56-41-59(70-37-17-6-18-38-70)62-52-31-19-30-50(44-21-7-2-8-22-44)66(52)72-69(62)65(56)63/h2-37,39-41H,38,42H2,1H3. The van der Waals surface area contributed by atoms with Gasteiger partial charge >= 0.3 is 0 Å². The summed E-state index contributed by atoms with van der Waals surface area (Å²) in [7, 11) is 0. The molecule has 0 unspecified atom stereocenters. The lowest BCUT2D eigenvalue weighted by Crippen LogP contribution is -2.21. The van der Waals surface area contributed by atoms with Gasteiger partial charge in [0.05, 0.1) is 16.8 Å². The maximum Gasteiger partial charge on any atom is 0.159 e. The summed E-state index contributed by atoms with van der Waals surface area (Å²) in [6.07, 6.45) is 8.70. The minimum absolute atomic E-state index is 0.713. The van der Waals surface area contributed by atoms with E-state index in [1.165, 1.54) is 22.3 Å². The third-order valence-corrected chi connectivity index (χ3v) is 15.3. The Balaban J connectivity index is 1.18. The Kier molecular flexibility index (Phi) is 9.27. The first-order chi connectivity index (χ1) is 36.2. The van der Waals surface area contributed by atoms with Crippen molar-refractivity contribution in [3.8, 4) is 55.6 Å². The van der Waals surface area contributed by atoms with Gasteiger partial charge in [0.25, 0.3) is 0 Å². The van der Waals surface area contributed by atoms with E-state index in [-0.39, 0.29) is 0 Å². The van der Waals surface area contributed by atoms with Crippen molar-refractivity contribution in [2.24, 2.45) is 0 Å². The molecule has 13 aromatic rings. The lowest BCUT2D eigenvalue weighted by atomic mass is 9.81. The number of fused-ring (bicyclic) bond motifs is 14. The maximum absolute atomic E-state index is 7.67. The Morgan fingerprint density at radius 2 is 0.945 bits per heavy atom. The molecule has 0 amide bonds. The van der Waals surface area contributed by atoms with E-state index in [0.29, 0.717) is 6.54 Å². The quantitative estimate of drug-likeness (QED) is 0.156. The Labute approximate surface area is 422 Å². The molecule has 0 bridgehead atoms. The first kappa shape index (κ1) is 41.4. The highest BCUT2D eigenvalue weighted by atomic mass is 16.3. The molecule has 0 N–H and O–H groups in total. The van der Waals surface area contributed by atoms with Crippen molar-refractivity contribution in [2.45, 2.75) is 13.5 Å². The summed E-state index contributed by atoms with van der Waals surface area (Å²) in [5.74, 6) is 0. The number of allylic oxidation sites excluding steroid dienone is 2. The number of aryl methyl sites for hydroxylation is 1. The third kappa shape index (κ3) is 6.33. The van der Waals surface area contributed by atoms with Gasteiger partial charge in [-0.2, -0.15) is 0 Å². The Morgan fingerprint density at radius 3 is 1.64 bits per heavy atom. The minimum Gasteiger partial charge on any atom is -0.455 e. The van der Waals surface area contributed by atoms with E-state index in [1.54, 1.807) is 0 Å². The SMILES string of the molecule is Cc1ccc2c(c1)CN(c1cccc3c1oc1c(-c4ccccc4)cc4c(-c5ccccc5)c(-c5ccccc5)c5cc(N6C=CC=CC6)c6c7cccc(-c8ccccc8)c7oc6c5c4c13)c1ccccc1-2. The van der Waals surface area contributed by atoms with Crippen LogP contribution < -0.4 is 9.80 Å². The smallest absolute Gasteiger partial charge is 0.159 e. The second kappa shape index (κ2) is 16.3. The van der Waals surface area contributed by atoms with Crippen molar-refractivity contribution in [1.82, 2.24) is 0 Å². The van der Waals surface area contributed by atoms with Gasteiger partial charge in [0.2, 0.25) is 0 Å². The summed E-state index contributed by atoms with van der Waals surface area (Å²) in [5, 5.41) is 8.68. The van der Waals surface area contributed by atoms with Gasteiger partial charge in [0.15, 0.2) is 5.58 Å². The number of para-hydroxylation sites is 3. The van der Waals surface area contributed by atoms with Crippen LogP contribution in [-0.2, 0) is 6.54 Å². The first-order valence-corrected chi connectivity index (χ1v) is 25.2. The van der Waals surface area contributed by atoms with Crippen molar-refractivity contribution in [3.05, 3.63) is 248 Å². The second-order valence-corrected chi connectivity index (χ2v) is 19.5. The van der Waals surface area contributed by atoms with Gasteiger partial charge in [-0.15, -0.1) is 0 Å². The van der Waals surface area contributed by atoms with E-state index >= 15 is 0 Å². The van der Waals surface area contributed by atoms with Crippen molar-refractivity contribution in [1.29, 1.82) is 0 Å². The van der Waals surface area contributed by atoms with Crippen LogP contribution in [0.25, 0.3) is 121 Å². The number of nitrogens with zero attached hydrogens (tertiary/aromatic N) is 2. The number of hydrogen-bond acceptors (Lipinski definition) is 4. The van der Waals surface area contributed by atoms with Crippen LogP contribution >= 0.6 is 0 Å². The normalized spacial score (nSPS) is 13.3. The highest BCUT2D eigenvalue weighted by Gasteiger charge is 2.31. The molecule has 344 valence electrons. The van der Waals surface area contributed by atoms with Crippen LogP contribution in [0.5, 0.6) is 0 Å². The number of furan rings is 2. The molecule has 0 atom stereocenters. The molecule has 11 aromatic carbocycles. The van der Waals surface area contributed by atoms with Crippen LogP contribution in [0.2, 0.25) is 0 Å². The molecule has 2 aliphatic rings. The second-order valence-electron chi connectivity index (χ2n) is 19.5. The Bertz CT molecular complexity index is 4430. The van der Waals surface area contributed by atoms with Crippen LogP contribution in [0.3, 0.4) is 0 Å². The van der Waals surface area contributed by atoms with Gasteiger partial charge in [-0.3, -0.25) is 0 Å². The molecule has 2 aliphatic heterocycles. The third-order valence-electron chi connectivity index (χ3n) is 15.3. The van der Waals surface area contributed by atoms with Gasteiger partial charge in [0.1, 0.15) is 16.7 Å². The number of anilines is 3. The summed E-state index contributed by atoms with van der Waals surface area (Å²) >= 11 is 0. The molecule has 2 aromatic heterocycles. The summed E-state index contributed by atoms with van der Waals surface area (Å²) in [5.41, 5.74) is 20.6. The fourth-order valence-corrected chi connectivity index (χ4v) is 12.2. The van der Waals surface area contributed by atoms with Crippen molar-refractivity contribution in [2.75, 3.05) is 16.3 Å². The Hall–Kier alpha value is -9.38. The van der Waals surface area contributed by atoms with Crippen molar-refractivity contribution >= 4 is 82.5 Å². The van der Waals surface area contributed by atoms with E-state index in [9.17, 15) is 0 Å². The van der Waals surface area contributed by atoms with Gasteiger partial charge < -0.3 is 18.6 Å². The molecule has 0 radical (unpaired) electrons. The highest BCUT2D eigenvalue weighted by molar-refractivity contribution is 6.40. The van der Waals surface area contributed by atoms with Crippen LogP contribution in [0.4, 0.5) is 17.1 Å². The monoisotopic (exact) mass is 934 g/mol. The molecule has 15 rings (SSSR count). The van der Waals surface area contributed by atoms with E-state index in [2.05, 4.69) is 253 Å². The van der Waals surface area contributed by atoms with E-state index < -0.39 is 0 Å². The first-order valence-electron chi connectivity index (χ1n) is 25.2. The van der Waals surface area contributed by atoms with Gasteiger partial charge in [-0.05, 0) is 92.5 Å². The predicted molar refractivity (Wildman–Crippen MR) is 306 cm³/mol. The predicted octanol–water partition coefficient (Wildman–Crippen LogP) is 19.0. The topological polar surface area (TPSA) is 32.8 Å². The van der Waals surface area contributed by atoms with Crippen LogP contribution in [0.15, 0.2) is 246 Å². The lowest BCUT2D eigenvalue weighted by molar-refractivity contribution is 0.668. The van der Waals surface area contributed by atoms with E-state index in [4.69, 9.17) is 8.83 Å². The fourth-order valence-electron chi connectivity index (χ4n) is 12.2.